The van der Waals surface area contributed by atoms with Gasteiger partial charge in [-0.1, -0.05) is 13.8 Å². The molecule has 2 atom stereocenters. The molecular formula is C20H23F5N6O. The Morgan fingerprint density at radius 2 is 1.88 bits per heavy atom. The van der Waals surface area contributed by atoms with Crippen LogP contribution >= 0.6 is 0 Å². The molecule has 1 saturated heterocycles. The molecule has 0 amide bonds. The maximum atomic E-state index is 14.5. The molecule has 4 heterocycles. The summed E-state index contributed by atoms with van der Waals surface area (Å²) >= 11 is 0. The number of anilines is 1. The number of halogens is 5. The lowest BCUT2D eigenvalue weighted by Gasteiger charge is -2.25. The zero-order chi connectivity index (χ0) is 23.7. The van der Waals surface area contributed by atoms with Crippen LogP contribution in [-0.4, -0.2) is 49.8 Å². The van der Waals surface area contributed by atoms with E-state index in [0.717, 1.165) is 29.8 Å². The SMILES string of the molecule is CC.CC(O)(c1cn2c(-c3nc(NC4CCNC4)c(F)cc3F)cnc2cn1)C(F)(F)F. The number of pyridine rings is 1. The zero-order valence-corrected chi connectivity index (χ0v) is 17.6. The van der Waals surface area contributed by atoms with Crippen molar-refractivity contribution in [3.8, 4) is 11.4 Å². The number of imidazole rings is 1. The predicted molar refractivity (Wildman–Crippen MR) is 108 cm³/mol. The molecule has 32 heavy (non-hydrogen) atoms. The number of alkyl halides is 3. The first-order valence-electron chi connectivity index (χ1n) is 10.0. The van der Waals surface area contributed by atoms with Crippen LogP contribution in [0.3, 0.4) is 0 Å². The van der Waals surface area contributed by atoms with Crippen molar-refractivity contribution < 1.29 is 27.1 Å². The third kappa shape index (κ3) is 4.37. The average molecular weight is 458 g/mol. The number of aliphatic hydroxyl groups is 1. The van der Waals surface area contributed by atoms with Gasteiger partial charge in [0.25, 0.3) is 0 Å². The fourth-order valence-corrected chi connectivity index (χ4v) is 3.18. The lowest BCUT2D eigenvalue weighted by molar-refractivity contribution is -0.260. The van der Waals surface area contributed by atoms with Gasteiger partial charge < -0.3 is 15.7 Å². The van der Waals surface area contributed by atoms with Gasteiger partial charge in [0.2, 0.25) is 5.60 Å². The molecule has 0 spiro atoms. The monoisotopic (exact) mass is 458 g/mol. The Morgan fingerprint density at radius 3 is 2.50 bits per heavy atom. The Hall–Kier alpha value is -2.86. The van der Waals surface area contributed by atoms with Crippen LogP contribution in [-0.2, 0) is 5.60 Å². The van der Waals surface area contributed by atoms with Crippen LogP contribution in [0.2, 0.25) is 0 Å². The van der Waals surface area contributed by atoms with Gasteiger partial charge in [-0.3, -0.25) is 9.38 Å². The minimum absolute atomic E-state index is 0.0169. The van der Waals surface area contributed by atoms with Crippen LogP contribution in [0.25, 0.3) is 17.0 Å². The first kappa shape index (κ1) is 23.8. The van der Waals surface area contributed by atoms with Gasteiger partial charge in [0.05, 0.1) is 23.8 Å². The summed E-state index contributed by atoms with van der Waals surface area (Å²) in [7, 11) is 0. The van der Waals surface area contributed by atoms with Gasteiger partial charge in [-0.25, -0.2) is 18.7 Å². The van der Waals surface area contributed by atoms with Crippen molar-refractivity contribution >= 4 is 11.5 Å². The zero-order valence-electron chi connectivity index (χ0n) is 17.6. The van der Waals surface area contributed by atoms with Gasteiger partial charge in [0.15, 0.2) is 23.1 Å². The van der Waals surface area contributed by atoms with Crippen LogP contribution in [0.15, 0.2) is 24.7 Å². The minimum Gasteiger partial charge on any atom is -0.375 e. The quantitative estimate of drug-likeness (QED) is 0.518. The van der Waals surface area contributed by atoms with Crippen LogP contribution in [0.5, 0.6) is 0 Å². The maximum absolute atomic E-state index is 14.5. The van der Waals surface area contributed by atoms with E-state index < -0.39 is 29.1 Å². The van der Waals surface area contributed by atoms with E-state index in [1.165, 1.54) is 6.20 Å². The molecular weight excluding hydrogens is 435 g/mol. The molecule has 0 radical (unpaired) electrons. The average Bonchev–Trinajstić information content (AvgIpc) is 3.40. The van der Waals surface area contributed by atoms with E-state index in [1.54, 1.807) is 0 Å². The van der Waals surface area contributed by atoms with E-state index in [-0.39, 0.29) is 28.9 Å². The van der Waals surface area contributed by atoms with Crippen molar-refractivity contribution in [2.45, 2.75) is 45.0 Å². The maximum Gasteiger partial charge on any atom is 0.422 e. The van der Waals surface area contributed by atoms with Gasteiger partial charge in [-0.05, 0) is 19.9 Å². The summed E-state index contributed by atoms with van der Waals surface area (Å²) in [5.41, 5.74) is -4.16. The molecule has 4 rings (SSSR count). The second-order valence-electron chi connectivity index (χ2n) is 7.20. The number of rotatable bonds is 4. The predicted octanol–water partition coefficient (Wildman–Crippen LogP) is 3.64. The van der Waals surface area contributed by atoms with Crippen LogP contribution in [0, 0.1) is 11.6 Å². The largest absolute Gasteiger partial charge is 0.422 e. The molecule has 12 heteroatoms. The van der Waals surface area contributed by atoms with Crippen LogP contribution < -0.4 is 10.6 Å². The highest BCUT2D eigenvalue weighted by atomic mass is 19.4. The molecule has 174 valence electrons. The van der Waals surface area contributed by atoms with Gasteiger partial charge >= 0.3 is 6.18 Å². The number of nitrogens with zero attached hydrogens (tertiary/aromatic N) is 4. The minimum atomic E-state index is -4.99. The number of nitrogens with one attached hydrogen (secondary N) is 2. The summed E-state index contributed by atoms with van der Waals surface area (Å²) in [6, 6.07) is 0.561. The van der Waals surface area contributed by atoms with Crippen molar-refractivity contribution in [1.82, 2.24) is 24.7 Å². The molecule has 0 saturated carbocycles. The van der Waals surface area contributed by atoms with Crippen LogP contribution in [0.4, 0.5) is 27.8 Å². The molecule has 2 unspecified atom stereocenters. The van der Waals surface area contributed by atoms with E-state index in [0.29, 0.717) is 19.5 Å². The third-order valence-corrected chi connectivity index (χ3v) is 5.02. The molecule has 1 aliphatic heterocycles. The third-order valence-electron chi connectivity index (χ3n) is 5.02. The Kier molecular flexibility index (Phi) is 6.65. The number of hydrogen-bond donors (Lipinski definition) is 3. The number of hydrogen-bond acceptors (Lipinski definition) is 6. The van der Waals surface area contributed by atoms with Crippen LogP contribution in [0.1, 0.15) is 32.9 Å². The van der Waals surface area contributed by atoms with E-state index in [1.807, 2.05) is 13.8 Å². The summed E-state index contributed by atoms with van der Waals surface area (Å²) in [6.45, 7) is 5.90. The second-order valence-corrected chi connectivity index (χ2v) is 7.20. The van der Waals surface area contributed by atoms with E-state index in [9.17, 15) is 27.1 Å². The molecule has 0 aromatic carbocycles. The van der Waals surface area contributed by atoms with Gasteiger partial charge in [-0.2, -0.15) is 13.2 Å². The van der Waals surface area contributed by atoms with Crippen molar-refractivity contribution in [1.29, 1.82) is 0 Å². The summed E-state index contributed by atoms with van der Waals surface area (Å²) in [5.74, 6) is -2.07. The first-order chi connectivity index (χ1) is 15.1. The lowest BCUT2D eigenvalue weighted by Crippen LogP contribution is -2.40. The lowest BCUT2D eigenvalue weighted by atomic mass is 10.0. The Morgan fingerprint density at radius 1 is 1.16 bits per heavy atom. The molecule has 1 aliphatic rings. The number of aromatic nitrogens is 4. The summed E-state index contributed by atoms with van der Waals surface area (Å²) < 4.78 is 69.4. The molecule has 7 nitrogen and oxygen atoms in total. The summed E-state index contributed by atoms with van der Waals surface area (Å²) in [5, 5.41) is 15.9. The summed E-state index contributed by atoms with van der Waals surface area (Å²) in [4.78, 5) is 11.6. The van der Waals surface area contributed by atoms with E-state index in [2.05, 4.69) is 25.6 Å². The smallest absolute Gasteiger partial charge is 0.375 e. The first-order valence-corrected chi connectivity index (χ1v) is 10.0. The molecule has 0 aliphatic carbocycles. The Balaban J connectivity index is 0.00000141. The standard InChI is InChI=1S/C18H17F5N6O.C2H6/c1-17(30,18(21,22)23)13-8-29-12(6-26-14(29)7-25-13)15-10(19)4-11(20)16(28-15)27-9-2-3-24-5-9;1-2/h4,6-9,24,30H,2-3,5H2,1H3,(H,27,28);1-2H3. The van der Waals surface area contributed by atoms with E-state index >= 15 is 0 Å². The van der Waals surface area contributed by atoms with Crippen molar-refractivity contribution in [2.24, 2.45) is 0 Å². The fraction of sp³-hybridized carbons (Fsp3) is 0.450. The molecule has 3 N–H and O–H groups in total. The topological polar surface area (TPSA) is 87.4 Å². The highest BCUT2D eigenvalue weighted by molar-refractivity contribution is 5.62. The van der Waals surface area contributed by atoms with Gasteiger partial charge in [0, 0.05) is 24.8 Å². The highest BCUT2D eigenvalue weighted by Gasteiger charge is 2.52. The van der Waals surface area contributed by atoms with Crippen molar-refractivity contribution in [2.75, 3.05) is 18.4 Å². The Labute approximate surface area is 180 Å². The fourth-order valence-electron chi connectivity index (χ4n) is 3.18. The van der Waals surface area contributed by atoms with Crippen molar-refractivity contribution in [3.05, 3.63) is 42.0 Å². The second kappa shape index (κ2) is 8.94. The molecule has 3 aromatic heterocycles. The molecule has 3 aromatic rings. The van der Waals surface area contributed by atoms with Gasteiger partial charge in [-0.15, -0.1) is 0 Å². The van der Waals surface area contributed by atoms with Crippen molar-refractivity contribution in [3.63, 3.8) is 0 Å². The molecule has 0 bridgehead atoms. The van der Waals surface area contributed by atoms with E-state index in [4.69, 9.17) is 0 Å². The molecule has 1 fully saturated rings. The number of fused-ring (bicyclic) bond motifs is 1. The Bertz CT molecular complexity index is 1090. The van der Waals surface area contributed by atoms with Gasteiger partial charge in [0.1, 0.15) is 5.69 Å². The normalized spacial score (nSPS) is 18.2. The highest BCUT2D eigenvalue weighted by Crippen LogP contribution is 2.38. The summed E-state index contributed by atoms with van der Waals surface area (Å²) in [6.07, 6.45) is -1.15.